The number of hydrogen-bond acceptors (Lipinski definition) is 2. The molecule has 1 heterocycles. The summed E-state index contributed by atoms with van der Waals surface area (Å²) in [6, 6.07) is 26.4. The standard InChI is InChI=1S/C20H13N2/c1-3-8-15(9-4-1)17-12-7-13-18-20(17)22-19(14-21-18)16-10-5-2-6-11-16/h1-13H. The predicted molar refractivity (Wildman–Crippen MR) is 89.2 cm³/mol. The summed E-state index contributed by atoms with van der Waals surface area (Å²) in [5.41, 5.74) is 5.81. The van der Waals surface area contributed by atoms with Crippen LogP contribution < -0.4 is 0 Å². The fraction of sp³-hybridized carbons (Fsp3) is 0. The van der Waals surface area contributed by atoms with Gasteiger partial charge in [0, 0.05) is 11.1 Å². The lowest BCUT2D eigenvalue weighted by molar-refractivity contribution is 1.28. The smallest absolute Gasteiger partial charge is 0.118 e. The third-order valence-corrected chi connectivity index (χ3v) is 3.65. The molecule has 1 aromatic heterocycles. The van der Waals surface area contributed by atoms with Gasteiger partial charge in [-0.25, -0.2) is 9.97 Å². The van der Waals surface area contributed by atoms with Crippen molar-refractivity contribution in [1.82, 2.24) is 9.97 Å². The highest BCUT2D eigenvalue weighted by atomic mass is 14.8. The second kappa shape index (κ2) is 5.41. The second-order valence-electron chi connectivity index (χ2n) is 5.09. The maximum atomic E-state index is 4.80. The Bertz CT molecular complexity index is 916. The molecular formula is C20H13N2. The molecule has 0 atom stereocenters. The molecule has 0 aliphatic heterocycles. The zero-order chi connectivity index (χ0) is 14.8. The van der Waals surface area contributed by atoms with Crippen LogP contribution in [0.25, 0.3) is 33.4 Å². The Kier molecular flexibility index (Phi) is 3.13. The Labute approximate surface area is 129 Å². The maximum Gasteiger partial charge on any atom is 0.118 e. The molecule has 0 amide bonds. The van der Waals surface area contributed by atoms with Gasteiger partial charge in [-0.1, -0.05) is 72.8 Å². The third kappa shape index (κ3) is 2.25. The Balaban J connectivity index is 1.95. The minimum Gasteiger partial charge on any atom is -0.243 e. The van der Waals surface area contributed by atoms with E-state index in [2.05, 4.69) is 29.4 Å². The quantitative estimate of drug-likeness (QED) is 0.529. The number of nitrogens with zero attached hydrogens (tertiary/aromatic N) is 2. The minimum atomic E-state index is 0.775. The van der Waals surface area contributed by atoms with Gasteiger partial charge in [0.1, 0.15) is 6.20 Å². The van der Waals surface area contributed by atoms with Gasteiger partial charge in [-0.3, -0.25) is 0 Å². The van der Waals surface area contributed by atoms with Gasteiger partial charge in [-0.15, -0.1) is 0 Å². The van der Waals surface area contributed by atoms with E-state index in [-0.39, 0.29) is 0 Å². The van der Waals surface area contributed by atoms with Gasteiger partial charge in [0.25, 0.3) is 0 Å². The van der Waals surface area contributed by atoms with Crippen LogP contribution in [-0.2, 0) is 0 Å². The average Bonchev–Trinajstić information content (AvgIpc) is 2.62. The second-order valence-corrected chi connectivity index (χ2v) is 5.09. The molecule has 103 valence electrons. The summed E-state index contributed by atoms with van der Waals surface area (Å²) in [6.07, 6.45) is 3.05. The van der Waals surface area contributed by atoms with E-state index in [4.69, 9.17) is 4.98 Å². The number of hydrogen-bond donors (Lipinski definition) is 0. The number of para-hydroxylation sites is 1. The zero-order valence-corrected chi connectivity index (χ0v) is 11.9. The molecule has 0 spiro atoms. The Morgan fingerprint density at radius 2 is 1.32 bits per heavy atom. The number of aromatic nitrogens is 2. The van der Waals surface area contributed by atoms with Crippen LogP contribution in [0.15, 0.2) is 78.9 Å². The van der Waals surface area contributed by atoms with Crippen LogP contribution in [0.5, 0.6) is 0 Å². The number of rotatable bonds is 2. The van der Waals surface area contributed by atoms with E-state index in [9.17, 15) is 0 Å². The molecule has 4 aromatic rings. The molecule has 0 aliphatic carbocycles. The van der Waals surface area contributed by atoms with Gasteiger partial charge in [-0.2, -0.15) is 0 Å². The molecule has 2 nitrogen and oxygen atoms in total. The highest BCUT2D eigenvalue weighted by Crippen LogP contribution is 2.27. The van der Waals surface area contributed by atoms with Crippen molar-refractivity contribution in [3.63, 3.8) is 0 Å². The summed E-state index contributed by atoms with van der Waals surface area (Å²) in [4.78, 5) is 9.26. The van der Waals surface area contributed by atoms with Crippen LogP contribution in [-0.4, -0.2) is 9.97 Å². The van der Waals surface area contributed by atoms with Crippen LogP contribution in [0.3, 0.4) is 0 Å². The van der Waals surface area contributed by atoms with E-state index in [0.29, 0.717) is 0 Å². The molecule has 0 fully saturated rings. The normalized spacial score (nSPS) is 10.7. The highest BCUT2D eigenvalue weighted by molar-refractivity contribution is 5.92. The highest BCUT2D eigenvalue weighted by Gasteiger charge is 2.08. The topological polar surface area (TPSA) is 25.8 Å². The molecular weight excluding hydrogens is 268 g/mol. The summed E-state index contributed by atoms with van der Waals surface area (Å²) in [5, 5.41) is 0. The van der Waals surface area contributed by atoms with Crippen molar-refractivity contribution >= 4 is 11.0 Å². The molecule has 4 rings (SSSR count). The van der Waals surface area contributed by atoms with E-state index in [0.717, 1.165) is 33.4 Å². The van der Waals surface area contributed by atoms with Crippen molar-refractivity contribution in [2.75, 3.05) is 0 Å². The first-order valence-corrected chi connectivity index (χ1v) is 7.21. The third-order valence-electron chi connectivity index (χ3n) is 3.65. The van der Waals surface area contributed by atoms with Crippen molar-refractivity contribution in [3.8, 4) is 22.4 Å². The van der Waals surface area contributed by atoms with E-state index in [1.807, 2.05) is 60.7 Å². The summed E-state index contributed by atoms with van der Waals surface area (Å²) >= 11 is 0. The van der Waals surface area contributed by atoms with Crippen LogP contribution in [0.2, 0.25) is 0 Å². The molecule has 0 N–H and O–H groups in total. The largest absolute Gasteiger partial charge is 0.243 e. The molecule has 0 saturated carbocycles. The zero-order valence-electron chi connectivity index (χ0n) is 11.9. The van der Waals surface area contributed by atoms with Crippen LogP contribution >= 0.6 is 0 Å². The van der Waals surface area contributed by atoms with Gasteiger partial charge in [0.2, 0.25) is 0 Å². The molecule has 3 aromatic carbocycles. The van der Waals surface area contributed by atoms with Gasteiger partial charge in [0.05, 0.1) is 16.7 Å². The molecule has 0 aliphatic rings. The van der Waals surface area contributed by atoms with Gasteiger partial charge >= 0.3 is 0 Å². The van der Waals surface area contributed by atoms with E-state index >= 15 is 0 Å². The van der Waals surface area contributed by atoms with Crippen LogP contribution in [0.4, 0.5) is 0 Å². The summed E-state index contributed by atoms with van der Waals surface area (Å²) in [7, 11) is 0. The fourth-order valence-corrected chi connectivity index (χ4v) is 2.56. The molecule has 0 unspecified atom stereocenters. The molecule has 0 bridgehead atoms. The summed E-state index contributed by atoms with van der Waals surface area (Å²) in [6.45, 7) is 0. The summed E-state index contributed by atoms with van der Waals surface area (Å²) in [5.74, 6) is 0. The minimum absolute atomic E-state index is 0.775. The molecule has 1 radical (unpaired) electrons. The van der Waals surface area contributed by atoms with Crippen molar-refractivity contribution in [1.29, 1.82) is 0 Å². The number of fused-ring (bicyclic) bond motifs is 1. The van der Waals surface area contributed by atoms with Crippen LogP contribution in [0.1, 0.15) is 0 Å². The van der Waals surface area contributed by atoms with Crippen molar-refractivity contribution < 1.29 is 0 Å². The van der Waals surface area contributed by atoms with Crippen molar-refractivity contribution in [2.45, 2.75) is 0 Å². The lowest BCUT2D eigenvalue weighted by Crippen LogP contribution is -1.91. The Morgan fingerprint density at radius 3 is 2.05 bits per heavy atom. The van der Waals surface area contributed by atoms with E-state index in [1.54, 1.807) is 0 Å². The molecule has 2 heteroatoms. The Hall–Kier alpha value is -3.00. The first kappa shape index (κ1) is 12.7. The van der Waals surface area contributed by atoms with Gasteiger partial charge in [-0.05, 0) is 11.6 Å². The maximum absolute atomic E-state index is 4.80. The summed E-state index contributed by atoms with van der Waals surface area (Å²) < 4.78 is 0. The lowest BCUT2D eigenvalue weighted by Gasteiger charge is -2.07. The van der Waals surface area contributed by atoms with E-state index < -0.39 is 0 Å². The molecule has 22 heavy (non-hydrogen) atoms. The number of benzene rings is 3. The first-order chi connectivity index (χ1) is 10.9. The predicted octanol–water partition coefficient (Wildman–Crippen LogP) is 4.76. The first-order valence-electron chi connectivity index (χ1n) is 7.21. The van der Waals surface area contributed by atoms with Crippen molar-refractivity contribution in [2.24, 2.45) is 0 Å². The SMILES string of the molecule is [c]1nc2cccc(-c3ccccc3)c2nc1-c1ccccc1. The monoisotopic (exact) mass is 281 g/mol. The average molecular weight is 281 g/mol. The Morgan fingerprint density at radius 1 is 0.636 bits per heavy atom. The van der Waals surface area contributed by atoms with E-state index in [1.165, 1.54) is 0 Å². The van der Waals surface area contributed by atoms with Gasteiger partial charge in [0.15, 0.2) is 0 Å². The molecule has 0 saturated heterocycles. The van der Waals surface area contributed by atoms with Crippen molar-refractivity contribution in [3.05, 3.63) is 85.1 Å². The van der Waals surface area contributed by atoms with Crippen LogP contribution in [0, 0.1) is 6.20 Å². The van der Waals surface area contributed by atoms with Gasteiger partial charge < -0.3 is 0 Å². The lowest BCUT2D eigenvalue weighted by atomic mass is 10.0. The fourth-order valence-electron chi connectivity index (χ4n) is 2.56.